The summed E-state index contributed by atoms with van der Waals surface area (Å²) in [6.45, 7) is 14.4. The van der Waals surface area contributed by atoms with Gasteiger partial charge in [-0.2, -0.15) is 0 Å². The van der Waals surface area contributed by atoms with Crippen molar-refractivity contribution in [2.75, 3.05) is 7.11 Å². The van der Waals surface area contributed by atoms with Crippen LogP contribution in [0.2, 0.25) is 18.1 Å². The standard InChI is InChI=1S/C31H46O8SSi/c1-30(2,3)41(7,8)39-25(20-28(32)33)18-24-19-27(37-21-22-14-16-23(36-6)17-15-22)31(4,5)29(38-24)40(34,35)26-12-10-9-11-13-26/h9-17,24-25,27,29H,18-21H2,1-8H3,(H,32,33)/t24-,25-,27+,29-/m1/s1. The fraction of sp³-hybridized carbons (Fsp3) is 0.581. The Bertz CT molecular complexity index is 1250. The molecule has 10 heteroatoms. The summed E-state index contributed by atoms with van der Waals surface area (Å²) in [5.41, 5.74) is -1.17. The summed E-state index contributed by atoms with van der Waals surface area (Å²) in [7, 11) is -4.62. The first-order chi connectivity index (χ1) is 19.0. The van der Waals surface area contributed by atoms with Crippen LogP contribution < -0.4 is 4.74 Å². The van der Waals surface area contributed by atoms with Crippen molar-refractivity contribution in [3.05, 3.63) is 60.2 Å². The minimum atomic E-state index is -3.91. The second-order valence-corrected chi connectivity index (χ2v) is 19.7. The molecule has 4 atom stereocenters. The van der Waals surface area contributed by atoms with Gasteiger partial charge in [0.05, 0.1) is 43.3 Å². The van der Waals surface area contributed by atoms with E-state index in [9.17, 15) is 18.3 Å². The highest BCUT2D eigenvalue weighted by Gasteiger charge is 2.52. The summed E-state index contributed by atoms with van der Waals surface area (Å²) in [4.78, 5) is 12.0. The van der Waals surface area contributed by atoms with Gasteiger partial charge in [-0.15, -0.1) is 0 Å². The van der Waals surface area contributed by atoms with Gasteiger partial charge in [0.25, 0.3) is 0 Å². The third-order valence-electron chi connectivity index (χ3n) is 8.39. The van der Waals surface area contributed by atoms with Crippen molar-refractivity contribution < 1.29 is 37.0 Å². The topological polar surface area (TPSA) is 108 Å². The van der Waals surface area contributed by atoms with Gasteiger partial charge in [0.2, 0.25) is 9.84 Å². The minimum absolute atomic E-state index is 0.123. The SMILES string of the molecule is COc1ccc(CO[C@H]2C[C@@H](C[C@H](CC(=O)O)O[Si](C)(C)C(C)(C)C)O[C@H](S(=O)(=O)c3ccccc3)C2(C)C)cc1. The number of methoxy groups -OCH3 is 1. The van der Waals surface area contributed by atoms with Crippen LogP contribution in [0.4, 0.5) is 0 Å². The van der Waals surface area contributed by atoms with Crippen molar-refractivity contribution in [2.24, 2.45) is 5.41 Å². The molecule has 0 aromatic heterocycles. The van der Waals surface area contributed by atoms with Crippen molar-refractivity contribution in [3.8, 4) is 5.75 Å². The van der Waals surface area contributed by atoms with Gasteiger partial charge in [-0.1, -0.05) is 65.0 Å². The molecule has 1 saturated heterocycles. The Kier molecular flexibility index (Phi) is 10.5. The van der Waals surface area contributed by atoms with Crippen LogP contribution in [0.3, 0.4) is 0 Å². The maximum atomic E-state index is 13.9. The molecule has 0 amide bonds. The molecule has 3 rings (SSSR count). The van der Waals surface area contributed by atoms with E-state index in [0.29, 0.717) is 6.42 Å². The molecule has 1 N–H and O–H groups in total. The molecule has 228 valence electrons. The number of carboxylic acids is 1. The first-order valence-electron chi connectivity index (χ1n) is 14.1. The molecular weight excluding hydrogens is 560 g/mol. The molecule has 0 unspecified atom stereocenters. The summed E-state index contributed by atoms with van der Waals surface area (Å²) in [5.74, 6) is -0.231. The summed E-state index contributed by atoms with van der Waals surface area (Å²) < 4.78 is 52.5. The lowest BCUT2D eigenvalue weighted by Crippen LogP contribution is -2.55. The molecule has 0 spiro atoms. The van der Waals surface area contributed by atoms with E-state index < -0.39 is 53.3 Å². The Hall–Kier alpha value is -2.24. The molecular formula is C31H46O8SSi. The maximum absolute atomic E-state index is 13.9. The predicted molar refractivity (Wildman–Crippen MR) is 161 cm³/mol. The van der Waals surface area contributed by atoms with E-state index in [-0.39, 0.29) is 29.4 Å². The highest BCUT2D eigenvalue weighted by Crippen LogP contribution is 2.45. The van der Waals surface area contributed by atoms with Crippen molar-refractivity contribution in [1.29, 1.82) is 0 Å². The number of rotatable bonds is 12. The number of aliphatic carboxylic acids is 1. The van der Waals surface area contributed by atoms with Crippen LogP contribution in [0, 0.1) is 5.41 Å². The quantitative estimate of drug-likeness (QED) is 0.275. The summed E-state index contributed by atoms with van der Waals surface area (Å²) in [5, 5.41) is 9.57. The van der Waals surface area contributed by atoms with Gasteiger partial charge < -0.3 is 23.7 Å². The monoisotopic (exact) mass is 606 g/mol. The fourth-order valence-electron chi connectivity index (χ4n) is 4.91. The van der Waals surface area contributed by atoms with E-state index in [1.54, 1.807) is 37.4 Å². The van der Waals surface area contributed by atoms with Gasteiger partial charge in [0.1, 0.15) is 5.75 Å². The second-order valence-electron chi connectivity index (χ2n) is 13.0. The van der Waals surface area contributed by atoms with E-state index in [2.05, 4.69) is 33.9 Å². The minimum Gasteiger partial charge on any atom is -0.497 e. The van der Waals surface area contributed by atoms with Crippen LogP contribution in [0.5, 0.6) is 5.75 Å². The third-order valence-corrected chi connectivity index (χ3v) is 15.1. The molecule has 1 fully saturated rings. The number of hydrogen-bond acceptors (Lipinski definition) is 7. The third kappa shape index (κ3) is 8.19. The molecule has 1 aliphatic heterocycles. The highest BCUT2D eigenvalue weighted by atomic mass is 32.2. The van der Waals surface area contributed by atoms with Crippen LogP contribution >= 0.6 is 0 Å². The van der Waals surface area contributed by atoms with Gasteiger partial charge in [0.15, 0.2) is 13.8 Å². The lowest BCUT2D eigenvalue weighted by atomic mass is 9.80. The lowest BCUT2D eigenvalue weighted by Gasteiger charge is -2.48. The second kappa shape index (κ2) is 13.0. The molecule has 2 aromatic rings. The Labute approximate surface area is 246 Å². The molecule has 2 aromatic carbocycles. The van der Waals surface area contributed by atoms with Gasteiger partial charge in [-0.3, -0.25) is 4.79 Å². The molecule has 1 heterocycles. The van der Waals surface area contributed by atoms with Crippen LogP contribution in [0.1, 0.15) is 59.4 Å². The smallest absolute Gasteiger partial charge is 0.305 e. The van der Waals surface area contributed by atoms with Gasteiger partial charge in [-0.25, -0.2) is 8.42 Å². The van der Waals surface area contributed by atoms with E-state index in [1.807, 2.05) is 38.1 Å². The number of hydrogen-bond donors (Lipinski definition) is 1. The van der Waals surface area contributed by atoms with Gasteiger partial charge in [0, 0.05) is 11.8 Å². The van der Waals surface area contributed by atoms with Crippen LogP contribution in [-0.4, -0.2) is 58.7 Å². The zero-order valence-corrected chi connectivity index (χ0v) is 27.4. The fourth-order valence-corrected chi connectivity index (χ4v) is 8.32. The molecule has 0 aliphatic carbocycles. The van der Waals surface area contributed by atoms with Gasteiger partial charge >= 0.3 is 5.97 Å². The number of benzene rings is 2. The number of ether oxygens (including phenoxy) is 3. The van der Waals surface area contributed by atoms with E-state index >= 15 is 0 Å². The average Bonchev–Trinajstić information content (AvgIpc) is 2.88. The summed E-state index contributed by atoms with van der Waals surface area (Å²) in [6.07, 6.45) is -1.23. The van der Waals surface area contributed by atoms with Crippen LogP contribution in [0.15, 0.2) is 59.5 Å². The Morgan fingerprint density at radius 1 is 1.10 bits per heavy atom. The van der Waals surface area contributed by atoms with E-state index in [4.69, 9.17) is 18.6 Å². The maximum Gasteiger partial charge on any atom is 0.305 e. The first kappa shape index (κ1) is 33.3. The first-order valence-corrected chi connectivity index (χ1v) is 18.5. The average molecular weight is 607 g/mol. The largest absolute Gasteiger partial charge is 0.497 e. The summed E-state index contributed by atoms with van der Waals surface area (Å²) in [6, 6.07) is 15.8. The Morgan fingerprint density at radius 2 is 1.71 bits per heavy atom. The van der Waals surface area contributed by atoms with E-state index in [1.165, 1.54) is 0 Å². The molecule has 0 radical (unpaired) electrons. The molecule has 1 aliphatic rings. The normalized spacial score (nSPS) is 22.2. The molecule has 8 nitrogen and oxygen atoms in total. The molecule has 41 heavy (non-hydrogen) atoms. The van der Waals surface area contributed by atoms with Crippen LogP contribution in [0.25, 0.3) is 0 Å². The summed E-state index contributed by atoms with van der Waals surface area (Å²) >= 11 is 0. The van der Waals surface area contributed by atoms with Crippen molar-refractivity contribution >= 4 is 24.1 Å². The predicted octanol–water partition coefficient (Wildman–Crippen LogP) is 6.45. The van der Waals surface area contributed by atoms with E-state index in [0.717, 1.165) is 11.3 Å². The van der Waals surface area contributed by atoms with Crippen molar-refractivity contribution in [2.45, 2.75) is 107 Å². The Morgan fingerprint density at radius 3 is 2.24 bits per heavy atom. The molecule has 0 bridgehead atoms. The molecule has 0 saturated carbocycles. The van der Waals surface area contributed by atoms with Crippen LogP contribution in [-0.2, 0) is 35.1 Å². The van der Waals surface area contributed by atoms with Crippen molar-refractivity contribution in [3.63, 3.8) is 0 Å². The number of carbonyl (C=O) groups is 1. The zero-order chi connectivity index (χ0) is 30.6. The lowest BCUT2D eigenvalue weighted by molar-refractivity contribution is -0.172. The number of carboxylic acid groups (broad SMARTS) is 1. The highest BCUT2D eigenvalue weighted by molar-refractivity contribution is 7.92. The number of sulfone groups is 1. The van der Waals surface area contributed by atoms with Crippen molar-refractivity contribution in [1.82, 2.24) is 0 Å². The van der Waals surface area contributed by atoms with Gasteiger partial charge in [-0.05, 0) is 54.4 Å². The zero-order valence-electron chi connectivity index (χ0n) is 25.5. The Balaban J connectivity index is 1.94.